The molecular weight excluding hydrogens is 475 g/mol. The number of aromatic nitrogens is 1. The zero-order valence-electron chi connectivity index (χ0n) is 19.7. The lowest BCUT2D eigenvalue weighted by molar-refractivity contribution is -0.640. The van der Waals surface area contributed by atoms with Crippen molar-refractivity contribution in [1.29, 1.82) is 0 Å². The lowest BCUT2D eigenvalue weighted by Crippen LogP contribution is -2.82. The number of pyridine rings is 1. The van der Waals surface area contributed by atoms with Gasteiger partial charge in [-0.25, -0.2) is 4.98 Å². The summed E-state index contributed by atoms with van der Waals surface area (Å²) in [5.41, 5.74) is 2.89. The zero-order chi connectivity index (χ0) is 24.6. The normalized spacial score (nSPS) is 28.8. The number of aryl methyl sites for hydroxylation is 1. The third kappa shape index (κ3) is 4.94. The minimum absolute atomic E-state index is 0.0141. The van der Waals surface area contributed by atoms with Gasteiger partial charge in [0.2, 0.25) is 5.91 Å². The highest BCUT2D eigenvalue weighted by Crippen LogP contribution is 2.45. The molecule has 2 N–H and O–H groups in total. The van der Waals surface area contributed by atoms with Crippen LogP contribution in [0.3, 0.4) is 0 Å². The minimum atomic E-state index is -4.23. The third-order valence-electron chi connectivity index (χ3n) is 8.42. The Bertz CT molecular complexity index is 1060. The number of nitrogens with zero attached hydrogens (tertiary/aromatic N) is 2. The lowest BCUT2D eigenvalue weighted by Gasteiger charge is -2.44. The molecule has 8 heteroatoms. The third-order valence-corrected chi connectivity index (χ3v) is 8.63. The first kappa shape index (κ1) is 24.6. The summed E-state index contributed by atoms with van der Waals surface area (Å²) in [5.74, 6) is -0.0734. The van der Waals surface area contributed by atoms with Crippen molar-refractivity contribution in [2.45, 2.75) is 68.5 Å². The summed E-state index contributed by atoms with van der Waals surface area (Å²) in [4.78, 5) is 20.5. The summed E-state index contributed by atoms with van der Waals surface area (Å²) in [6.45, 7) is 1.96. The standard InChI is InChI=1S/C27H31ClF3N3O/c28-24-9-8-21-23(33-24)7-4-12-26(21)17-32-16-22(26)25(35)34-14-11-19(18-5-2-1-3-6-18)15-20(34)10-13-27(29,30)31/h1-3,5-6,8-9,19-20,22,32H,4,7,10-17H2/p+1/t19-,20?,22+,26+/m1/s1. The largest absolute Gasteiger partial charge is 0.389 e. The van der Waals surface area contributed by atoms with Crippen LogP contribution in [0, 0.1) is 5.92 Å². The molecule has 2 aliphatic heterocycles. The summed E-state index contributed by atoms with van der Waals surface area (Å²) in [6.07, 6.45) is -1.13. The van der Waals surface area contributed by atoms with E-state index in [2.05, 4.69) is 10.3 Å². The molecule has 1 aliphatic carbocycles. The number of quaternary nitrogens is 1. The average molecular weight is 507 g/mol. The molecule has 5 rings (SSSR count). The van der Waals surface area contributed by atoms with E-state index in [1.807, 2.05) is 36.4 Å². The van der Waals surface area contributed by atoms with Gasteiger partial charge in [0, 0.05) is 24.7 Å². The van der Waals surface area contributed by atoms with Crippen molar-refractivity contribution in [3.05, 3.63) is 64.4 Å². The van der Waals surface area contributed by atoms with Crippen molar-refractivity contribution in [3.8, 4) is 0 Å². The monoisotopic (exact) mass is 506 g/mol. The van der Waals surface area contributed by atoms with Gasteiger partial charge in [0.15, 0.2) is 0 Å². The van der Waals surface area contributed by atoms with Crippen LogP contribution in [0.1, 0.15) is 61.3 Å². The van der Waals surface area contributed by atoms with Crippen molar-refractivity contribution in [2.75, 3.05) is 19.6 Å². The first-order valence-electron chi connectivity index (χ1n) is 12.7. The Morgan fingerprint density at radius 2 is 2.00 bits per heavy atom. The number of carbonyl (C=O) groups is 1. The van der Waals surface area contributed by atoms with Crippen molar-refractivity contribution >= 4 is 17.5 Å². The molecule has 0 saturated carbocycles. The van der Waals surface area contributed by atoms with Gasteiger partial charge in [-0.2, -0.15) is 13.2 Å². The molecule has 1 amide bonds. The van der Waals surface area contributed by atoms with Gasteiger partial charge >= 0.3 is 6.18 Å². The van der Waals surface area contributed by atoms with Crippen molar-refractivity contribution in [1.82, 2.24) is 9.88 Å². The SMILES string of the molecule is O=C([C@@H]1C[NH2+]C[C@]12CCCc1nc(Cl)ccc12)N1CC[C@@H](c2ccccc2)CC1CCC(F)(F)F. The maximum absolute atomic E-state index is 14.1. The van der Waals surface area contributed by atoms with Gasteiger partial charge in [0.1, 0.15) is 11.1 Å². The highest BCUT2D eigenvalue weighted by molar-refractivity contribution is 6.29. The second kappa shape index (κ2) is 9.74. The molecule has 2 saturated heterocycles. The zero-order valence-corrected chi connectivity index (χ0v) is 20.5. The Morgan fingerprint density at radius 1 is 1.20 bits per heavy atom. The van der Waals surface area contributed by atoms with E-state index >= 15 is 0 Å². The topological polar surface area (TPSA) is 49.8 Å². The summed E-state index contributed by atoms with van der Waals surface area (Å²) in [5, 5.41) is 2.65. The van der Waals surface area contributed by atoms with Crippen LogP contribution in [0.2, 0.25) is 5.15 Å². The number of carbonyl (C=O) groups excluding carboxylic acids is 1. The second-order valence-corrected chi connectivity index (χ2v) is 10.8. The van der Waals surface area contributed by atoms with Gasteiger partial charge in [-0.15, -0.1) is 0 Å². The Balaban J connectivity index is 1.42. The van der Waals surface area contributed by atoms with E-state index in [0.29, 0.717) is 24.7 Å². The van der Waals surface area contributed by atoms with Gasteiger partial charge in [-0.05, 0) is 61.6 Å². The number of fused-ring (bicyclic) bond motifs is 2. The molecule has 2 fully saturated rings. The van der Waals surface area contributed by atoms with Crippen LogP contribution >= 0.6 is 11.6 Å². The molecule has 188 valence electrons. The van der Waals surface area contributed by atoms with Crippen LogP contribution in [0.25, 0.3) is 0 Å². The van der Waals surface area contributed by atoms with E-state index in [1.54, 1.807) is 11.0 Å². The summed E-state index contributed by atoms with van der Waals surface area (Å²) >= 11 is 6.16. The number of piperidine rings is 1. The maximum atomic E-state index is 14.1. The molecule has 3 aliphatic rings. The molecule has 35 heavy (non-hydrogen) atoms. The number of amides is 1. The quantitative estimate of drug-likeness (QED) is 0.615. The van der Waals surface area contributed by atoms with E-state index in [1.165, 1.54) is 0 Å². The molecule has 0 bridgehead atoms. The molecule has 4 nitrogen and oxygen atoms in total. The Morgan fingerprint density at radius 3 is 2.77 bits per heavy atom. The number of likely N-dealkylation sites (tertiary alicyclic amines) is 1. The van der Waals surface area contributed by atoms with Crippen molar-refractivity contribution < 1.29 is 23.3 Å². The fourth-order valence-corrected chi connectivity index (χ4v) is 6.95. The van der Waals surface area contributed by atoms with Crippen molar-refractivity contribution in [2.24, 2.45) is 5.92 Å². The van der Waals surface area contributed by atoms with E-state index < -0.39 is 18.6 Å². The van der Waals surface area contributed by atoms with E-state index in [9.17, 15) is 18.0 Å². The van der Waals surface area contributed by atoms with Gasteiger partial charge in [0.25, 0.3) is 0 Å². The predicted molar refractivity (Wildman–Crippen MR) is 128 cm³/mol. The highest BCUT2D eigenvalue weighted by atomic mass is 35.5. The summed E-state index contributed by atoms with van der Waals surface area (Å²) in [7, 11) is 0. The Hall–Kier alpha value is -2.12. The van der Waals surface area contributed by atoms with Gasteiger partial charge in [-0.1, -0.05) is 48.0 Å². The van der Waals surface area contributed by atoms with E-state index in [4.69, 9.17) is 11.6 Å². The van der Waals surface area contributed by atoms with Gasteiger partial charge < -0.3 is 10.2 Å². The number of hydrogen-bond acceptors (Lipinski definition) is 2. The Kier molecular flexibility index (Phi) is 6.83. The van der Waals surface area contributed by atoms with Crippen LogP contribution in [0.15, 0.2) is 42.5 Å². The molecule has 3 heterocycles. The van der Waals surface area contributed by atoms with Crippen LogP contribution in [-0.2, 0) is 16.6 Å². The fourth-order valence-electron chi connectivity index (χ4n) is 6.78. The fraction of sp³-hybridized carbons (Fsp3) is 0.556. The number of hydrogen-bond donors (Lipinski definition) is 1. The molecule has 1 aromatic carbocycles. The van der Waals surface area contributed by atoms with Crippen LogP contribution in [0.5, 0.6) is 0 Å². The molecular formula is C27H32ClF3N3O+. The van der Waals surface area contributed by atoms with Gasteiger partial charge in [-0.3, -0.25) is 4.79 Å². The molecule has 4 atom stereocenters. The van der Waals surface area contributed by atoms with Crippen LogP contribution < -0.4 is 5.32 Å². The van der Waals surface area contributed by atoms with Crippen molar-refractivity contribution in [3.63, 3.8) is 0 Å². The smallest absolute Gasteiger partial charge is 0.345 e. The number of rotatable bonds is 4. The first-order chi connectivity index (χ1) is 16.8. The second-order valence-electron chi connectivity index (χ2n) is 10.4. The molecule has 1 aromatic heterocycles. The number of nitrogens with two attached hydrogens (primary N) is 1. The molecule has 1 spiro atoms. The summed E-state index contributed by atoms with van der Waals surface area (Å²) < 4.78 is 39.7. The number of benzene rings is 1. The lowest BCUT2D eigenvalue weighted by atomic mass is 9.65. The highest BCUT2D eigenvalue weighted by Gasteiger charge is 2.55. The average Bonchev–Trinajstić information content (AvgIpc) is 3.26. The first-order valence-corrected chi connectivity index (χ1v) is 13.0. The van der Waals surface area contributed by atoms with Gasteiger partial charge in [0.05, 0.1) is 18.5 Å². The van der Waals surface area contributed by atoms with E-state index in [0.717, 1.165) is 49.0 Å². The van der Waals surface area contributed by atoms with E-state index in [-0.39, 0.29) is 29.6 Å². The Labute approximate surface area is 209 Å². The van der Waals surface area contributed by atoms with Crippen LogP contribution in [-0.4, -0.2) is 47.6 Å². The number of alkyl halides is 3. The molecule has 0 radical (unpaired) electrons. The summed E-state index contributed by atoms with van der Waals surface area (Å²) in [6, 6.07) is 13.4. The maximum Gasteiger partial charge on any atom is 0.389 e. The predicted octanol–water partition coefficient (Wildman–Crippen LogP) is 4.62. The minimum Gasteiger partial charge on any atom is -0.345 e. The molecule has 2 aromatic rings. The van der Waals surface area contributed by atoms with Crippen LogP contribution in [0.4, 0.5) is 13.2 Å². The number of halogens is 4. The molecule has 1 unspecified atom stereocenters.